The number of hydrogen-bond acceptors (Lipinski definition) is 2. The highest BCUT2D eigenvalue weighted by molar-refractivity contribution is 7.98. The van der Waals surface area contributed by atoms with Crippen LogP contribution in [0.4, 0.5) is 0 Å². The Morgan fingerprint density at radius 3 is 2.80 bits per heavy atom. The van der Waals surface area contributed by atoms with Crippen molar-refractivity contribution in [2.24, 2.45) is 0 Å². The van der Waals surface area contributed by atoms with Crippen molar-refractivity contribution in [1.29, 1.82) is 0 Å². The topological polar surface area (TPSA) is 20.2 Å². The molecule has 1 N–H and O–H groups in total. The monoisotopic (exact) mass is 222 g/mol. The van der Waals surface area contributed by atoms with Crippen LogP contribution in [0.15, 0.2) is 29.2 Å². The summed E-state index contributed by atoms with van der Waals surface area (Å²) in [6.07, 6.45) is 6.50. The van der Waals surface area contributed by atoms with Gasteiger partial charge in [0.15, 0.2) is 0 Å². The Bertz CT molecular complexity index is 324. The molecule has 0 radical (unpaired) electrons. The van der Waals surface area contributed by atoms with E-state index in [-0.39, 0.29) is 6.10 Å². The predicted molar refractivity (Wildman–Crippen MR) is 65.4 cm³/mol. The van der Waals surface area contributed by atoms with Crippen LogP contribution in [-0.2, 0) is 0 Å². The lowest BCUT2D eigenvalue weighted by Gasteiger charge is -2.28. The first kappa shape index (κ1) is 11.0. The van der Waals surface area contributed by atoms with Crippen LogP contribution in [0.5, 0.6) is 0 Å². The van der Waals surface area contributed by atoms with E-state index in [0.717, 1.165) is 12.8 Å². The molecular weight excluding hydrogens is 204 g/mol. The Labute approximate surface area is 95.9 Å². The Morgan fingerprint density at radius 1 is 1.27 bits per heavy atom. The summed E-state index contributed by atoms with van der Waals surface area (Å²) in [5.74, 6) is 0.367. The standard InChI is InChI=1S/C13H18OS/c1-15-11-6-4-5-10(9-11)12-7-2-3-8-13(12)14/h4-6,9,12-14H,2-3,7-8H2,1H3/t12-,13+/m1/s1. The van der Waals surface area contributed by atoms with Crippen molar-refractivity contribution in [1.82, 2.24) is 0 Å². The van der Waals surface area contributed by atoms with Crippen molar-refractivity contribution < 1.29 is 5.11 Å². The van der Waals surface area contributed by atoms with Crippen LogP contribution < -0.4 is 0 Å². The second-order valence-corrected chi connectivity index (χ2v) is 5.11. The van der Waals surface area contributed by atoms with Gasteiger partial charge in [0, 0.05) is 10.8 Å². The zero-order valence-corrected chi connectivity index (χ0v) is 9.96. The summed E-state index contributed by atoms with van der Waals surface area (Å²) in [4.78, 5) is 1.30. The molecule has 0 aromatic heterocycles. The van der Waals surface area contributed by atoms with Gasteiger partial charge in [0.05, 0.1) is 6.10 Å². The fourth-order valence-corrected chi connectivity index (χ4v) is 2.84. The lowest BCUT2D eigenvalue weighted by Crippen LogP contribution is -2.22. The third-order valence-electron chi connectivity index (χ3n) is 3.25. The summed E-state index contributed by atoms with van der Waals surface area (Å²) < 4.78 is 0. The average Bonchev–Trinajstić information content (AvgIpc) is 2.30. The van der Waals surface area contributed by atoms with Gasteiger partial charge in [-0.3, -0.25) is 0 Å². The zero-order valence-electron chi connectivity index (χ0n) is 9.15. The highest BCUT2D eigenvalue weighted by Gasteiger charge is 2.24. The quantitative estimate of drug-likeness (QED) is 0.774. The highest BCUT2D eigenvalue weighted by Crippen LogP contribution is 2.34. The maximum atomic E-state index is 9.98. The molecule has 1 aromatic carbocycles. The van der Waals surface area contributed by atoms with Gasteiger partial charge in [0.25, 0.3) is 0 Å². The molecule has 0 unspecified atom stereocenters. The molecule has 0 saturated heterocycles. The zero-order chi connectivity index (χ0) is 10.7. The number of rotatable bonds is 2. The minimum Gasteiger partial charge on any atom is -0.392 e. The van der Waals surface area contributed by atoms with Gasteiger partial charge >= 0.3 is 0 Å². The summed E-state index contributed by atoms with van der Waals surface area (Å²) >= 11 is 1.77. The molecule has 1 fully saturated rings. The van der Waals surface area contributed by atoms with E-state index in [1.54, 1.807) is 11.8 Å². The molecule has 0 amide bonds. The molecule has 0 heterocycles. The Morgan fingerprint density at radius 2 is 2.07 bits per heavy atom. The van der Waals surface area contributed by atoms with E-state index in [1.807, 2.05) is 0 Å². The number of hydrogen-bond donors (Lipinski definition) is 1. The van der Waals surface area contributed by atoms with Crippen LogP contribution in [0.1, 0.15) is 37.2 Å². The van der Waals surface area contributed by atoms with E-state index in [1.165, 1.54) is 23.3 Å². The fraction of sp³-hybridized carbons (Fsp3) is 0.538. The molecule has 2 atom stereocenters. The van der Waals surface area contributed by atoms with Crippen LogP contribution >= 0.6 is 11.8 Å². The van der Waals surface area contributed by atoms with Gasteiger partial charge in [0.1, 0.15) is 0 Å². The van der Waals surface area contributed by atoms with E-state index in [0.29, 0.717) is 5.92 Å². The first-order valence-corrected chi connectivity index (χ1v) is 6.86. The summed E-state index contributed by atoms with van der Waals surface area (Å²) in [6.45, 7) is 0. The van der Waals surface area contributed by atoms with Gasteiger partial charge < -0.3 is 5.11 Å². The van der Waals surface area contributed by atoms with Crippen molar-refractivity contribution in [3.05, 3.63) is 29.8 Å². The van der Waals surface area contributed by atoms with Crippen molar-refractivity contribution >= 4 is 11.8 Å². The molecule has 1 saturated carbocycles. The Kier molecular flexibility index (Phi) is 3.71. The fourth-order valence-electron chi connectivity index (χ4n) is 2.37. The summed E-state index contributed by atoms with van der Waals surface area (Å²) in [5.41, 5.74) is 1.31. The smallest absolute Gasteiger partial charge is 0.0608 e. The maximum absolute atomic E-state index is 9.98. The number of thioether (sulfide) groups is 1. The molecule has 2 rings (SSSR count). The van der Waals surface area contributed by atoms with E-state index in [2.05, 4.69) is 30.5 Å². The SMILES string of the molecule is CSc1cccc([C@H]2CCCC[C@@H]2O)c1. The number of aliphatic hydroxyl groups is 1. The molecule has 1 aliphatic rings. The molecule has 0 spiro atoms. The summed E-state index contributed by atoms with van der Waals surface area (Å²) in [5, 5.41) is 9.98. The molecule has 0 aliphatic heterocycles. The molecule has 2 heteroatoms. The lowest BCUT2D eigenvalue weighted by atomic mass is 9.82. The van der Waals surface area contributed by atoms with Crippen LogP contribution in [0.3, 0.4) is 0 Å². The highest BCUT2D eigenvalue weighted by atomic mass is 32.2. The minimum absolute atomic E-state index is 0.129. The summed E-state index contributed by atoms with van der Waals surface area (Å²) in [6, 6.07) is 8.61. The van der Waals surface area contributed by atoms with E-state index >= 15 is 0 Å². The van der Waals surface area contributed by atoms with Crippen LogP contribution in [-0.4, -0.2) is 17.5 Å². The molecule has 1 nitrogen and oxygen atoms in total. The van der Waals surface area contributed by atoms with Crippen molar-refractivity contribution in [2.45, 2.75) is 42.6 Å². The number of benzene rings is 1. The second-order valence-electron chi connectivity index (χ2n) is 4.23. The molecule has 1 aromatic rings. The molecule has 15 heavy (non-hydrogen) atoms. The van der Waals surface area contributed by atoms with Gasteiger partial charge in [-0.25, -0.2) is 0 Å². The molecule has 0 bridgehead atoms. The first-order chi connectivity index (χ1) is 7.31. The summed E-state index contributed by atoms with van der Waals surface area (Å²) in [7, 11) is 0. The molecule has 1 aliphatic carbocycles. The minimum atomic E-state index is -0.129. The largest absolute Gasteiger partial charge is 0.392 e. The molecular formula is C13H18OS. The van der Waals surface area contributed by atoms with Crippen molar-refractivity contribution in [3.8, 4) is 0 Å². The third-order valence-corrected chi connectivity index (χ3v) is 3.98. The second kappa shape index (κ2) is 5.04. The Balaban J connectivity index is 2.19. The van der Waals surface area contributed by atoms with Gasteiger partial charge in [-0.05, 0) is 36.8 Å². The van der Waals surface area contributed by atoms with Gasteiger partial charge in [-0.15, -0.1) is 11.8 Å². The Hall–Kier alpha value is -0.470. The van der Waals surface area contributed by atoms with Crippen LogP contribution in [0, 0.1) is 0 Å². The molecule has 82 valence electrons. The maximum Gasteiger partial charge on any atom is 0.0608 e. The van der Waals surface area contributed by atoms with Gasteiger partial charge in [0.2, 0.25) is 0 Å². The normalized spacial score (nSPS) is 26.5. The van der Waals surface area contributed by atoms with Crippen molar-refractivity contribution in [3.63, 3.8) is 0 Å². The average molecular weight is 222 g/mol. The lowest BCUT2D eigenvalue weighted by molar-refractivity contribution is 0.106. The van der Waals surface area contributed by atoms with E-state index in [9.17, 15) is 5.11 Å². The predicted octanol–water partition coefficient (Wildman–Crippen LogP) is 3.43. The van der Waals surface area contributed by atoms with E-state index < -0.39 is 0 Å². The van der Waals surface area contributed by atoms with Crippen molar-refractivity contribution in [2.75, 3.05) is 6.26 Å². The van der Waals surface area contributed by atoms with E-state index in [4.69, 9.17) is 0 Å². The van der Waals surface area contributed by atoms with Gasteiger partial charge in [-0.2, -0.15) is 0 Å². The third kappa shape index (κ3) is 2.56. The first-order valence-electron chi connectivity index (χ1n) is 5.63. The number of aliphatic hydroxyl groups excluding tert-OH is 1. The van der Waals surface area contributed by atoms with Gasteiger partial charge in [-0.1, -0.05) is 25.0 Å². The van der Waals surface area contributed by atoms with Crippen LogP contribution in [0.25, 0.3) is 0 Å². The van der Waals surface area contributed by atoms with Crippen LogP contribution in [0.2, 0.25) is 0 Å².